The number of hydrogen-bond donors (Lipinski definition) is 3. The van der Waals surface area contributed by atoms with Crippen molar-refractivity contribution in [2.24, 2.45) is 5.92 Å². The molecule has 1 aromatic carbocycles. The summed E-state index contributed by atoms with van der Waals surface area (Å²) in [7, 11) is 0. The van der Waals surface area contributed by atoms with Gasteiger partial charge in [-0.2, -0.15) is 0 Å². The number of carboxylic acid groups (broad SMARTS) is 1. The number of amides is 1. The molecule has 1 saturated heterocycles. The highest BCUT2D eigenvalue weighted by Crippen LogP contribution is 2.28. The van der Waals surface area contributed by atoms with E-state index in [2.05, 4.69) is 16.4 Å². The Labute approximate surface area is 146 Å². The van der Waals surface area contributed by atoms with Gasteiger partial charge < -0.3 is 20.1 Å². The van der Waals surface area contributed by atoms with Crippen LogP contribution in [-0.4, -0.2) is 39.7 Å². The predicted molar refractivity (Wildman–Crippen MR) is 94.3 cm³/mol. The van der Waals surface area contributed by atoms with E-state index < -0.39 is 23.7 Å². The summed E-state index contributed by atoms with van der Waals surface area (Å²) in [6.07, 6.45) is 1.43. The molecule has 3 atom stereocenters. The molecule has 3 rings (SSSR count). The normalized spacial score (nSPS) is 23.7. The Hall–Kier alpha value is -2.34. The topological polar surface area (TPSA) is 91.4 Å². The van der Waals surface area contributed by atoms with Gasteiger partial charge in [-0.15, -0.1) is 0 Å². The second kappa shape index (κ2) is 6.52. The summed E-state index contributed by atoms with van der Waals surface area (Å²) in [5.41, 5.74) is 1.72. The summed E-state index contributed by atoms with van der Waals surface area (Å²) in [6, 6.07) is 8.04. The first-order valence-electron chi connectivity index (χ1n) is 8.52. The molecular weight excluding hydrogens is 320 g/mol. The van der Waals surface area contributed by atoms with Gasteiger partial charge in [0.1, 0.15) is 6.10 Å². The smallest absolute Gasteiger partial charge is 0.333 e. The summed E-state index contributed by atoms with van der Waals surface area (Å²) in [5.74, 6) is -1.44. The average molecular weight is 344 g/mol. The minimum Gasteiger partial charge on any atom is -0.479 e. The number of carboxylic acids is 1. The first-order valence-corrected chi connectivity index (χ1v) is 8.52. The second-order valence-electron chi connectivity index (χ2n) is 7.51. The van der Waals surface area contributed by atoms with Crippen LogP contribution in [0.1, 0.15) is 32.8 Å². The molecule has 25 heavy (non-hydrogen) atoms. The summed E-state index contributed by atoms with van der Waals surface area (Å²) < 4.78 is 5.43. The van der Waals surface area contributed by atoms with Gasteiger partial charge in [0.25, 0.3) is 0 Å². The van der Waals surface area contributed by atoms with E-state index in [0.29, 0.717) is 12.8 Å². The number of nitrogens with one attached hydrogen (secondary N) is 2. The van der Waals surface area contributed by atoms with Crippen molar-refractivity contribution in [2.75, 3.05) is 0 Å². The quantitative estimate of drug-likeness (QED) is 0.777. The lowest BCUT2D eigenvalue weighted by atomic mass is 9.94. The van der Waals surface area contributed by atoms with Crippen molar-refractivity contribution in [1.29, 1.82) is 0 Å². The number of aliphatic carboxylic acids is 1. The molecule has 134 valence electrons. The van der Waals surface area contributed by atoms with Gasteiger partial charge in [-0.25, -0.2) is 4.79 Å². The maximum atomic E-state index is 12.5. The van der Waals surface area contributed by atoms with Crippen molar-refractivity contribution in [3.63, 3.8) is 0 Å². The second-order valence-corrected chi connectivity index (χ2v) is 7.51. The van der Waals surface area contributed by atoms with Crippen LogP contribution in [0.5, 0.6) is 0 Å². The zero-order valence-corrected chi connectivity index (χ0v) is 14.7. The Kier molecular flexibility index (Phi) is 4.56. The molecule has 2 heterocycles. The highest BCUT2D eigenvalue weighted by Gasteiger charge is 2.41. The minimum absolute atomic E-state index is 0.176. The number of hydrogen-bond acceptors (Lipinski definition) is 3. The van der Waals surface area contributed by atoms with Gasteiger partial charge in [0.15, 0.2) is 6.10 Å². The summed E-state index contributed by atoms with van der Waals surface area (Å²) in [6.45, 7) is 5.71. The van der Waals surface area contributed by atoms with Crippen LogP contribution in [-0.2, 0) is 20.7 Å². The SMILES string of the molecule is C[C@@H]1C[C@H](C(=O)NC(C)(C)Cc2c[nH]c3ccccc23)O[C@H]1C(=O)O. The summed E-state index contributed by atoms with van der Waals surface area (Å²) >= 11 is 0. The van der Waals surface area contributed by atoms with Crippen LogP contribution in [0.15, 0.2) is 30.5 Å². The van der Waals surface area contributed by atoms with Crippen molar-refractivity contribution in [2.45, 2.75) is 51.4 Å². The Bertz CT molecular complexity index is 796. The maximum Gasteiger partial charge on any atom is 0.333 e. The maximum absolute atomic E-state index is 12.5. The fourth-order valence-corrected chi connectivity index (χ4v) is 3.51. The average Bonchev–Trinajstić information content (AvgIpc) is 3.11. The molecule has 0 saturated carbocycles. The van der Waals surface area contributed by atoms with Crippen molar-refractivity contribution in [3.8, 4) is 0 Å². The van der Waals surface area contributed by atoms with Gasteiger partial charge in [0, 0.05) is 22.6 Å². The standard InChI is InChI=1S/C19H24N2O4/c1-11-8-15(25-16(11)18(23)24)17(22)21-19(2,3)9-12-10-20-14-7-5-4-6-13(12)14/h4-7,10-11,15-16,20H,8-9H2,1-3H3,(H,21,22)(H,23,24)/t11-,15-,16-/m1/s1. The van der Waals surface area contributed by atoms with Crippen LogP contribution in [0.25, 0.3) is 10.9 Å². The molecular formula is C19H24N2O4. The Morgan fingerprint density at radius 3 is 2.76 bits per heavy atom. The number of para-hydroxylation sites is 1. The van der Waals surface area contributed by atoms with Crippen LogP contribution in [0.2, 0.25) is 0 Å². The zero-order valence-electron chi connectivity index (χ0n) is 14.7. The Balaban J connectivity index is 1.67. The number of ether oxygens (including phenoxy) is 1. The van der Waals surface area contributed by atoms with Gasteiger partial charge in [0.2, 0.25) is 5.91 Å². The Morgan fingerprint density at radius 1 is 1.36 bits per heavy atom. The lowest BCUT2D eigenvalue weighted by Crippen LogP contribution is -2.49. The predicted octanol–water partition coefficient (Wildman–Crippen LogP) is 2.48. The summed E-state index contributed by atoms with van der Waals surface area (Å²) in [5, 5.41) is 13.3. The van der Waals surface area contributed by atoms with E-state index in [1.54, 1.807) is 6.92 Å². The largest absolute Gasteiger partial charge is 0.479 e. The molecule has 0 bridgehead atoms. The summed E-state index contributed by atoms with van der Waals surface area (Å²) in [4.78, 5) is 26.9. The minimum atomic E-state index is -1.01. The number of rotatable bonds is 5. The molecule has 1 aromatic heterocycles. The third kappa shape index (κ3) is 3.69. The molecule has 2 aromatic rings. The van der Waals surface area contributed by atoms with Crippen LogP contribution >= 0.6 is 0 Å². The van der Waals surface area contributed by atoms with Gasteiger partial charge >= 0.3 is 5.97 Å². The first-order chi connectivity index (χ1) is 11.8. The molecule has 1 aliphatic heterocycles. The van der Waals surface area contributed by atoms with Crippen molar-refractivity contribution in [3.05, 3.63) is 36.0 Å². The number of benzene rings is 1. The van der Waals surface area contributed by atoms with E-state index in [-0.39, 0.29) is 11.8 Å². The van der Waals surface area contributed by atoms with E-state index in [4.69, 9.17) is 9.84 Å². The highest BCUT2D eigenvalue weighted by atomic mass is 16.5. The van der Waals surface area contributed by atoms with E-state index in [1.165, 1.54) is 0 Å². The molecule has 0 radical (unpaired) electrons. The molecule has 0 unspecified atom stereocenters. The molecule has 6 nitrogen and oxygen atoms in total. The number of fused-ring (bicyclic) bond motifs is 1. The number of aromatic nitrogens is 1. The molecule has 3 N–H and O–H groups in total. The molecule has 1 amide bonds. The van der Waals surface area contributed by atoms with Gasteiger partial charge in [-0.3, -0.25) is 4.79 Å². The molecule has 0 aliphatic carbocycles. The third-order valence-electron chi connectivity index (χ3n) is 4.72. The molecule has 0 spiro atoms. The molecule has 6 heteroatoms. The van der Waals surface area contributed by atoms with Gasteiger partial charge in [-0.05, 0) is 44.2 Å². The lowest BCUT2D eigenvalue weighted by molar-refractivity contribution is -0.153. The highest BCUT2D eigenvalue weighted by molar-refractivity contribution is 5.85. The van der Waals surface area contributed by atoms with E-state index in [1.807, 2.05) is 38.2 Å². The van der Waals surface area contributed by atoms with Gasteiger partial charge in [0.05, 0.1) is 0 Å². The third-order valence-corrected chi connectivity index (χ3v) is 4.72. The number of aromatic amines is 1. The Morgan fingerprint density at radius 2 is 2.08 bits per heavy atom. The fourth-order valence-electron chi connectivity index (χ4n) is 3.51. The van der Waals surface area contributed by atoms with Crippen LogP contribution in [0, 0.1) is 5.92 Å². The van der Waals surface area contributed by atoms with Crippen LogP contribution < -0.4 is 5.32 Å². The van der Waals surface area contributed by atoms with Crippen molar-refractivity contribution in [1.82, 2.24) is 10.3 Å². The fraction of sp³-hybridized carbons (Fsp3) is 0.474. The molecule has 1 aliphatic rings. The first kappa shape index (κ1) is 17.5. The van der Waals surface area contributed by atoms with Crippen LogP contribution in [0.3, 0.4) is 0 Å². The number of carbonyl (C=O) groups excluding carboxylic acids is 1. The zero-order chi connectivity index (χ0) is 18.2. The van der Waals surface area contributed by atoms with Gasteiger partial charge in [-0.1, -0.05) is 25.1 Å². The lowest BCUT2D eigenvalue weighted by Gasteiger charge is -2.27. The monoisotopic (exact) mass is 344 g/mol. The number of H-pyrrole nitrogens is 1. The van der Waals surface area contributed by atoms with Crippen LogP contribution in [0.4, 0.5) is 0 Å². The van der Waals surface area contributed by atoms with E-state index in [9.17, 15) is 9.59 Å². The van der Waals surface area contributed by atoms with E-state index >= 15 is 0 Å². The van der Waals surface area contributed by atoms with E-state index in [0.717, 1.165) is 16.5 Å². The van der Waals surface area contributed by atoms with Crippen molar-refractivity contribution < 1.29 is 19.4 Å². The number of carbonyl (C=O) groups is 2. The molecule has 1 fully saturated rings. The van der Waals surface area contributed by atoms with Crippen molar-refractivity contribution >= 4 is 22.8 Å².